The third-order valence-corrected chi connectivity index (χ3v) is 4.00. The van der Waals surface area contributed by atoms with Crippen LogP contribution in [0, 0.1) is 0 Å². The first kappa shape index (κ1) is 15.2. The molecule has 0 bridgehead atoms. The molecule has 1 N–H and O–H groups in total. The van der Waals surface area contributed by atoms with Crippen molar-refractivity contribution in [3.05, 3.63) is 23.8 Å². The van der Waals surface area contributed by atoms with Gasteiger partial charge in [-0.05, 0) is 44.5 Å². The van der Waals surface area contributed by atoms with Crippen molar-refractivity contribution in [3.63, 3.8) is 0 Å². The molecule has 0 radical (unpaired) electrons. The molecule has 0 aromatic heterocycles. The average molecular weight is 277 g/mol. The summed E-state index contributed by atoms with van der Waals surface area (Å²) in [6.45, 7) is 7.67. The molecule has 0 amide bonds. The van der Waals surface area contributed by atoms with E-state index in [0.717, 1.165) is 43.7 Å². The van der Waals surface area contributed by atoms with Crippen LogP contribution < -0.4 is 14.8 Å². The van der Waals surface area contributed by atoms with Gasteiger partial charge < -0.3 is 14.8 Å². The van der Waals surface area contributed by atoms with Crippen molar-refractivity contribution < 1.29 is 9.47 Å². The highest BCUT2D eigenvalue weighted by molar-refractivity contribution is 5.44. The van der Waals surface area contributed by atoms with Crippen LogP contribution in [-0.4, -0.2) is 19.3 Å². The molecule has 1 heterocycles. The molecule has 0 aliphatic carbocycles. The molecule has 2 unspecified atom stereocenters. The van der Waals surface area contributed by atoms with Gasteiger partial charge in [0.15, 0.2) is 0 Å². The smallest absolute Gasteiger partial charge is 0.125 e. The van der Waals surface area contributed by atoms with Gasteiger partial charge in [0.2, 0.25) is 0 Å². The topological polar surface area (TPSA) is 30.5 Å². The number of methoxy groups -OCH3 is 1. The fourth-order valence-corrected chi connectivity index (χ4v) is 3.05. The lowest BCUT2D eigenvalue weighted by Gasteiger charge is -2.40. The zero-order chi connectivity index (χ0) is 14.6. The van der Waals surface area contributed by atoms with Gasteiger partial charge in [0, 0.05) is 18.0 Å². The van der Waals surface area contributed by atoms with Crippen molar-refractivity contribution >= 4 is 0 Å². The highest BCUT2D eigenvalue weighted by Crippen LogP contribution is 2.42. The lowest BCUT2D eigenvalue weighted by atomic mass is 9.85. The fraction of sp³-hybridized carbons (Fsp3) is 0.647. The molecule has 2 atom stereocenters. The quantitative estimate of drug-likeness (QED) is 0.850. The predicted molar refractivity (Wildman–Crippen MR) is 82.6 cm³/mol. The lowest BCUT2D eigenvalue weighted by molar-refractivity contribution is 0.0389. The van der Waals surface area contributed by atoms with E-state index in [4.69, 9.17) is 9.47 Å². The Balaban J connectivity index is 2.30. The number of hydrogen-bond acceptors (Lipinski definition) is 3. The molecule has 3 nitrogen and oxygen atoms in total. The van der Waals surface area contributed by atoms with Crippen molar-refractivity contribution in [3.8, 4) is 11.5 Å². The maximum absolute atomic E-state index is 6.27. The summed E-state index contributed by atoms with van der Waals surface area (Å²) in [5.41, 5.74) is 1.16. The van der Waals surface area contributed by atoms with Gasteiger partial charge in [0.05, 0.1) is 7.11 Å². The molecule has 0 saturated carbocycles. The maximum atomic E-state index is 6.27. The van der Waals surface area contributed by atoms with Crippen LogP contribution in [0.5, 0.6) is 11.5 Å². The lowest BCUT2D eigenvalue weighted by Crippen LogP contribution is -2.42. The minimum Gasteiger partial charge on any atom is -0.497 e. The summed E-state index contributed by atoms with van der Waals surface area (Å²) >= 11 is 0. The minimum absolute atomic E-state index is 0.0677. The summed E-state index contributed by atoms with van der Waals surface area (Å²) < 4.78 is 11.6. The first-order valence-electron chi connectivity index (χ1n) is 7.72. The average Bonchev–Trinajstić information content (AvgIpc) is 2.44. The number of rotatable bonds is 6. The monoisotopic (exact) mass is 277 g/mol. The van der Waals surface area contributed by atoms with Gasteiger partial charge in [-0.25, -0.2) is 0 Å². The van der Waals surface area contributed by atoms with Crippen LogP contribution in [0.3, 0.4) is 0 Å². The Morgan fingerprint density at radius 2 is 2.15 bits per heavy atom. The van der Waals surface area contributed by atoms with E-state index >= 15 is 0 Å². The molecule has 20 heavy (non-hydrogen) atoms. The second-order valence-electron chi connectivity index (χ2n) is 5.92. The molecular formula is C17H27NO2. The third kappa shape index (κ3) is 3.26. The van der Waals surface area contributed by atoms with Gasteiger partial charge in [-0.15, -0.1) is 0 Å². The van der Waals surface area contributed by atoms with E-state index in [1.165, 1.54) is 5.56 Å². The van der Waals surface area contributed by atoms with Gasteiger partial charge >= 0.3 is 0 Å². The Morgan fingerprint density at radius 1 is 1.35 bits per heavy atom. The molecular weight excluding hydrogens is 250 g/mol. The van der Waals surface area contributed by atoms with E-state index in [1.54, 1.807) is 7.11 Å². The molecule has 1 aromatic rings. The highest BCUT2D eigenvalue weighted by atomic mass is 16.5. The fourth-order valence-electron chi connectivity index (χ4n) is 3.05. The summed E-state index contributed by atoms with van der Waals surface area (Å²) in [5.74, 6) is 1.90. The number of fused-ring (bicyclic) bond motifs is 1. The summed E-state index contributed by atoms with van der Waals surface area (Å²) in [5, 5.41) is 3.66. The molecule has 0 fully saturated rings. The van der Waals surface area contributed by atoms with Crippen LogP contribution >= 0.6 is 0 Å². The Morgan fingerprint density at radius 3 is 2.80 bits per heavy atom. The van der Waals surface area contributed by atoms with Crippen LogP contribution in [0.15, 0.2) is 18.2 Å². The Bertz CT molecular complexity index is 447. The number of nitrogens with one attached hydrogen (secondary N) is 1. The highest BCUT2D eigenvalue weighted by Gasteiger charge is 2.36. The van der Waals surface area contributed by atoms with Gasteiger partial charge in [0.25, 0.3) is 0 Å². The van der Waals surface area contributed by atoms with E-state index in [1.807, 2.05) is 12.1 Å². The van der Waals surface area contributed by atoms with Crippen molar-refractivity contribution in [1.29, 1.82) is 0 Å². The van der Waals surface area contributed by atoms with Crippen LogP contribution in [0.4, 0.5) is 0 Å². The van der Waals surface area contributed by atoms with E-state index in [0.29, 0.717) is 6.04 Å². The first-order chi connectivity index (χ1) is 9.61. The zero-order valence-electron chi connectivity index (χ0n) is 13.2. The van der Waals surface area contributed by atoms with Crippen molar-refractivity contribution in [2.24, 2.45) is 0 Å². The zero-order valence-corrected chi connectivity index (χ0v) is 13.2. The van der Waals surface area contributed by atoms with Crippen LogP contribution in [0.2, 0.25) is 0 Å². The van der Waals surface area contributed by atoms with Crippen LogP contribution in [0.25, 0.3) is 0 Å². The summed E-state index contributed by atoms with van der Waals surface area (Å²) in [7, 11) is 1.71. The molecule has 1 aliphatic rings. The Labute approximate surface area is 122 Å². The first-order valence-corrected chi connectivity index (χ1v) is 7.72. The minimum atomic E-state index is -0.0677. The maximum Gasteiger partial charge on any atom is 0.125 e. The molecule has 0 saturated heterocycles. The summed E-state index contributed by atoms with van der Waals surface area (Å²) in [6, 6.07) is 6.48. The molecule has 0 spiro atoms. The Kier molecular flexibility index (Phi) is 4.92. The van der Waals surface area contributed by atoms with Gasteiger partial charge in [0.1, 0.15) is 17.1 Å². The SMILES string of the molecule is CCCNC1CC(C)(CCC)Oc2ccc(OC)cc21. The van der Waals surface area contributed by atoms with Crippen LogP contribution in [0.1, 0.15) is 58.1 Å². The van der Waals surface area contributed by atoms with Gasteiger partial charge in [-0.2, -0.15) is 0 Å². The normalized spacial score (nSPS) is 24.9. The second-order valence-corrected chi connectivity index (χ2v) is 5.92. The van der Waals surface area contributed by atoms with E-state index in [9.17, 15) is 0 Å². The number of ether oxygens (including phenoxy) is 2. The van der Waals surface area contributed by atoms with E-state index in [2.05, 4.69) is 32.2 Å². The second kappa shape index (κ2) is 6.49. The summed E-state index contributed by atoms with van der Waals surface area (Å²) in [6.07, 6.45) is 4.38. The standard InChI is InChI=1S/C17H27NO2/c1-5-9-17(3)12-15(18-10-6-2)14-11-13(19-4)7-8-16(14)20-17/h7-8,11,15,18H,5-6,9-10,12H2,1-4H3. The molecule has 1 aromatic carbocycles. The van der Waals surface area contributed by atoms with Crippen molar-refractivity contribution in [2.75, 3.05) is 13.7 Å². The van der Waals surface area contributed by atoms with Gasteiger partial charge in [-0.3, -0.25) is 0 Å². The van der Waals surface area contributed by atoms with Crippen molar-refractivity contribution in [1.82, 2.24) is 5.32 Å². The largest absolute Gasteiger partial charge is 0.497 e. The van der Waals surface area contributed by atoms with Gasteiger partial charge in [-0.1, -0.05) is 20.3 Å². The Hall–Kier alpha value is -1.22. The van der Waals surface area contributed by atoms with Crippen LogP contribution in [-0.2, 0) is 0 Å². The molecule has 1 aliphatic heterocycles. The molecule has 3 heteroatoms. The predicted octanol–water partition coefficient (Wildman–Crippen LogP) is 4.08. The molecule has 112 valence electrons. The van der Waals surface area contributed by atoms with Crippen molar-refractivity contribution in [2.45, 2.75) is 58.1 Å². The third-order valence-electron chi connectivity index (χ3n) is 4.00. The number of hydrogen-bond donors (Lipinski definition) is 1. The summed E-state index contributed by atoms with van der Waals surface area (Å²) in [4.78, 5) is 0. The molecule has 2 rings (SSSR count). The van der Waals surface area contributed by atoms with E-state index in [-0.39, 0.29) is 5.60 Å². The van der Waals surface area contributed by atoms with E-state index < -0.39 is 0 Å². The number of benzene rings is 1.